The number of hydrogen-bond acceptors (Lipinski definition) is 3. The van der Waals surface area contributed by atoms with Crippen molar-refractivity contribution in [2.24, 2.45) is 0 Å². The molecule has 2 aromatic carbocycles. The fourth-order valence-corrected chi connectivity index (χ4v) is 3.73. The zero-order valence-electron chi connectivity index (χ0n) is 16.5. The van der Waals surface area contributed by atoms with Gasteiger partial charge >= 0.3 is 5.97 Å². The fraction of sp³-hybridized carbons (Fsp3) is 0.167. The van der Waals surface area contributed by atoms with Crippen LogP contribution in [0.25, 0.3) is 33.3 Å². The molecule has 0 bridgehead atoms. The van der Waals surface area contributed by atoms with Crippen molar-refractivity contribution in [2.45, 2.75) is 20.8 Å². The molecule has 4 aromatic rings. The lowest BCUT2D eigenvalue weighted by atomic mass is 10.0. The Hall–Kier alpha value is -3.40. The molecule has 0 fully saturated rings. The first-order valence-electron chi connectivity index (χ1n) is 9.23. The highest BCUT2D eigenvalue weighted by atomic mass is 16.5. The molecule has 0 spiro atoms. The molecule has 0 aliphatic rings. The van der Waals surface area contributed by atoms with E-state index in [4.69, 9.17) is 4.74 Å². The number of carbonyl (C=O) groups excluding carboxylic acids is 1. The van der Waals surface area contributed by atoms with Gasteiger partial charge in [-0.25, -0.2) is 4.79 Å². The molecule has 0 saturated carbocycles. The molecule has 0 amide bonds. The monoisotopic (exact) mass is 370 g/mol. The summed E-state index contributed by atoms with van der Waals surface area (Å²) in [4.78, 5) is 19.9. The Morgan fingerprint density at radius 2 is 1.64 bits per heavy atom. The number of nitrogens with one attached hydrogen (secondary N) is 1. The van der Waals surface area contributed by atoms with E-state index in [1.54, 1.807) is 6.07 Å². The van der Waals surface area contributed by atoms with Gasteiger partial charge in [-0.2, -0.15) is 0 Å². The molecule has 2 heterocycles. The maximum atomic E-state index is 11.9. The summed E-state index contributed by atoms with van der Waals surface area (Å²) in [5.41, 5.74) is 9.09. The first-order chi connectivity index (χ1) is 13.5. The van der Waals surface area contributed by atoms with Gasteiger partial charge in [0.2, 0.25) is 0 Å². The van der Waals surface area contributed by atoms with Crippen molar-refractivity contribution in [3.05, 3.63) is 77.1 Å². The van der Waals surface area contributed by atoms with Crippen LogP contribution in [0.2, 0.25) is 0 Å². The summed E-state index contributed by atoms with van der Waals surface area (Å²) in [6.07, 6.45) is 0. The number of aromatic amines is 1. The lowest BCUT2D eigenvalue weighted by Crippen LogP contribution is -2.00. The largest absolute Gasteiger partial charge is 0.465 e. The van der Waals surface area contributed by atoms with Crippen molar-refractivity contribution in [2.75, 3.05) is 7.11 Å². The molecule has 0 radical (unpaired) electrons. The van der Waals surface area contributed by atoms with E-state index in [0.717, 1.165) is 44.9 Å². The molecule has 2 aromatic heterocycles. The van der Waals surface area contributed by atoms with Crippen LogP contribution in [-0.2, 0) is 4.74 Å². The molecule has 1 N–H and O–H groups in total. The summed E-state index contributed by atoms with van der Waals surface area (Å²) >= 11 is 0. The SMILES string of the molecule is COC(=O)c1cccc(-c2[nH]c3cc(-c4cc(C)nc(C)c4)ccc3c2C)c1. The quantitative estimate of drug-likeness (QED) is 0.477. The van der Waals surface area contributed by atoms with Gasteiger partial charge in [-0.15, -0.1) is 0 Å². The van der Waals surface area contributed by atoms with E-state index in [9.17, 15) is 4.79 Å². The second-order valence-corrected chi connectivity index (χ2v) is 7.10. The first-order valence-corrected chi connectivity index (χ1v) is 9.23. The van der Waals surface area contributed by atoms with Gasteiger partial charge in [0, 0.05) is 28.0 Å². The van der Waals surface area contributed by atoms with Crippen LogP contribution in [0, 0.1) is 20.8 Å². The number of ether oxygens (including phenoxy) is 1. The van der Waals surface area contributed by atoms with Crippen molar-refractivity contribution in [3.63, 3.8) is 0 Å². The Kier molecular flexibility index (Phi) is 4.47. The van der Waals surface area contributed by atoms with Crippen molar-refractivity contribution in [1.29, 1.82) is 0 Å². The summed E-state index contributed by atoms with van der Waals surface area (Å²) in [6, 6.07) is 18.2. The maximum absolute atomic E-state index is 11.9. The highest BCUT2D eigenvalue weighted by Crippen LogP contribution is 2.33. The number of aromatic nitrogens is 2. The van der Waals surface area contributed by atoms with Gasteiger partial charge in [-0.05, 0) is 73.4 Å². The molecule has 0 saturated heterocycles. The minimum absolute atomic E-state index is 0.332. The Morgan fingerprint density at radius 3 is 2.36 bits per heavy atom. The number of rotatable bonds is 3. The number of pyridine rings is 1. The summed E-state index contributed by atoms with van der Waals surface area (Å²) in [7, 11) is 1.40. The van der Waals surface area contributed by atoms with E-state index in [1.165, 1.54) is 12.5 Å². The van der Waals surface area contributed by atoms with Crippen molar-refractivity contribution >= 4 is 16.9 Å². The van der Waals surface area contributed by atoms with Crippen LogP contribution >= 0.6 is 0 Å². The predicted molar refractivity (Wildman–Crippen MR) is 113 cm³/mol. The van der Waals surface area contributed by atoms with Gasteiger partial charge in [-0.3, -0.25) is 4.98 Å². The molecule has 4 nitrogen and oxygen atoms in total. The predicted octanol–water partition coefficient (Wildman–Crippen LogP) is 5.61. The number of esters is 1. The molecule has 0 aliphatic heterocycles. The summed E-state index contributed by atoms with van der Waals surface area (Å²) in [6.45, 7) is 6.12. The highest BCUT2D eigenvalue weighted by molar-refractivity contribution is 5.95. The summed E-state index contributed by atoms with van der Waals surface area (Å²) in [5.74, 6) is -0.332. The standard InChI is InChI=1S/C24H22N2O2/c1-14-10-20(11-15(2)25-14)17-8-9-21-16(3)23(26-22(21)13-17)18-6-5-7-19(12-18)24(27)28-4/h5-13,26H,1-4H3. The number of carbonyl (C=O) groups is 1. The summed E-state index contributed by atoms with van der Waals surface area (Å²) < 4.78 is 4.85. The van der Waals surface area contributed by atoms with Crippen LogP contribution in [0.4, 0.5) is 0 Å². The lowest BCUT2D eigenvalue weighted by Gasteiger charge is -2.05. The van der Waals surface area contributed by atoms with Crippen LogP contribution < -0.4 is 0 Å². The Balaban J connectivity index is 1.82. The van der Waals surface area contributed by atoms with Crippen molar-refractivity contribution in [3.8, 4) is 22.4 Å². The number of aryl methyl sites for hydroxylation is 3. The van der Waals surface area contributed by atoms with E-state index in [2.05, 4.69) is 47.2 Å². The van der Waals surface area contributed by atoms with E-state index < -0.39 is 0 Å². The van der Waals surface area contributed by atoms with Crippen LogP contribution in [0.15, 0.2) is 54.6 Å². The molecule has 140 valence electrons. The Bertz CT molecular complexity index is 1180. The molecule has 4 heteroatoms. The van der Waals surface area contributed by atoms with E-state index in [0.29, 0.717) is 5.56 Å². The normalized spacial score (nSPS) is 11.0. The Labute approximate surface area is 164 Å². The second kappa shape index (κ2) is 6.97. The zero-order chi connectivity index (χ0) is 19.8. The van der Waals surface area contributed by atoms with Crippen molar-refractivity contribution < 1.29 is 9.53 Å². The lowest BCUT2D eigenvalue weighted by molar-refractivity contribution is 0.0601. The Morgan fingerprint density at radius 1 is 0.893 bits per heavy atom. The third-order valence-electron chi connectivity index (χ3n) is 5.05. The molecular weight excluding hydrogens is 348 g/mol. The van der Waals surface area contributed by atoms with Gasteiger partial charge in [0.15, 0.2) is 0 Å². The third kappa shape index (κ3) is 3.18. The molecule has 0 unspecified atom stereocenters. The third-order valence-corrected chi connectivity index (χ3v) is 5.05. The molecule has 0 aliphatic carbocycles. The van der Waals surface area contributed by atoms with Gasteiger partial charge < -0.3 is 9.72 Å². The molecule has 4 rings (SSSR count). The minimum atomic E-state index is -0.332. The fourth-order valence-electron chi connectivity index (χ4n) is 3.73. The van der Waals surface area contributed by atoms with E-state index in [-0.39, 0.29) is 5.97 Å². The minimum Gasteiger partial charge on any atom is -0.465 e. The van der Waals surface area contributed by atoms with Gasteiger partial charge in [0.1, 0.15) is 0 Å². The first kappa shape index (κ1) is 18.0. The van der Waals surface area contributed by atoms with Crippen LogP contribution in [-0.4, -0.2) is 23.0 Å². The number of nitrogens with zero attached hydrogens (tertiary/aromatic N) is 1. The smallest absolute Gasteiger partial charge is 0.337 e. The van der Waals surface area contributed by atoms with E-state index >= 15 is 0 Å². The van der Waals surface area contributed by atoms with Crippen LogP contribution in [0.5, 0.6) is 0 Å². The van der Waals surface area contributed by atoms with Gasteiger partial charge in [0.05, 0.1) is 12.7 Å². The van der Waals surface area contributed by atoms with Crippen molar-refractivity contribution in [1.82, 2.24) is 9.97 Å². The zero-order valence-corrected chi connectivity index (χ0v) is 16.5. The van der Waals surface area contributed by atoms with Gasteiger partial charge in [0.25, 0.3) is 0 Å². The number of hydrogen-bond donors (Lipinski definition) is 1. The summed E-state index contributed by atoms with van der Waals surface area (Å²) in [5, 5.41) is 1.17. The number of methoxy groups -OCH3 is 1. The topological polar surface area (TPSA) is 55.0 Å². The number of H-pyrrole nitrogens is 1. The maximum Gasteiger partial charge on any atom is 0.337 e. The number of benzene rings is 2. The molecule has 28 heavy (non-hydrogen) atoms. The average Bonchev–Trinajstić information content (AvgIpc) is 3.02. The second-order valence-electron chi connectivity index (χ2n) is 7.10. The van der Waals surface area contributed by atoms with Crippen LogP contribution in [0.3, 0.4) is 0 Å². The molecular formula is C24H22N2O2. The number of fused-ring (bicyclic) bond motifs is 1. The van der Waals surface area contributed by atoms with E-state index in [1.807, 2.05) is 32.0 Å². The van der Waals surface area contributed by atoms with Gasteiger partial charge in [-0.1, -0.05) is 24.3 Å². The van der Waals surface area contributed by atoms with Crippen LogP contribution in [0.1, 0.15) is 27.3 Å². The molecule has 0 atom stereocenters. The highest BCUT2D eigenvalue weighted by Gasteiger charge is 2.13. The average molecular weight is 370 g/mol.